The third-order valence-corrected chi connectivity index (χ3v) is 3.47. The highest BCUT2D eigenvalue weighted by Gasteiger charge is 2.31. The largest absolute Gasteiger partial charge is 0.379 e. The van der Waals surface area contributed by atoms with Gasteiger partial charge in [0.2, 0.25) is 0 Å². The molecule has 1 N–H and O–H groups in total. The van der Waals surface area contributed by atoms with Crippen LogP contribution in [0, 0.1) is 0 Å². The van der Waals surface area contributed by atoms with E-state index < -0.39 is 5.60 Å². The highest BCUT2D eigenvalue weighted by molar-refractivity contribution is 9.10. The number of halogens is 2. The summed E-state index contributed by atoms with van der Waals surface area (Å²) in [5, 5.41) is 18.7. The molecule has 0 aliphatic heterocycles. The molecule has 17 heavy (non-hydrogen) atoms. The minimum Gasteiger partial charge on any atom is -0.379 e. The average Bonchev–Trinajstić information content (AvgIpc) is 2.64. The lowest BCUT2D eigenvalue weighted by atomic mass is 9.93. The fourth-order valence-electron chi connectivity index (χ4n) is 1.75. The van der Waals surface area contributed by atoms with Gasteiger partial charge in [0.25, 0.3) is 0 Å². The minimum atomic E-state index is -1.23. The Hall–Kier alpha value is -0.910. The molecule has 0 saturated heterocycles. The molecule has 4 nitrogen and oxygen atoms in total. The van der Waals surface area contributed by atoms with E-state index in [4.69, 9.17) is 11.6 Å². The van der Waals surface area contributed by atoms with Gasteiger partial charge >= 0.3 is 0 Å². The summed E-state index contributed by atoms with van der Waals surface area (Å²) in [7, 11) is 1.73. The van der Waals surface area contributed by atoms with Crippen LogP contribution >= 0.6 is 27.5 Å². The van der Waals surface area contributed by atoms with Crippen LogP contribution in [0.2, 0.25) is 5.02 Å². The van der Waals surface area contributed by atoms with Crippen LogP contribution in [0.25, 0.3) is 0 Å². The topological polar surface area (TPSA) is 50.9 Å². The first kappa shape index (κ1) is 12.5. The molecule has 1 heterocycles. The number of hydrogen-bond donors (Lipinski definition) is 1. The van der Waals surface area contributed by atoms with Gasteiger partial charge in [0.05, 0.1) is 11.9 Å². The van der Waals surface area contributed by atoms with Crippen LogP contribution < -0.4 is 0 Å². The normalized spacial score (nSPS) is 14.6. The molecular weight excluding hydrogens is 305 g/mol. The van der Waals surface area contributed by atoms with E-state index in [0.717, 1.165) is 4.47 Å². The molecule has 0 amide bonds. The van der Waals surface area contributed by atoms with Gasteiger partial charge in [0.15, 0.2) is 0 Å². The Morgan fingerprint density at radius 1 is 1.47 bits per heavy atom. The van der Waals surface area contributed by atoms with Gasteiger partial charge in [0.1, 0.15) is 5.60 Å². The van der Waals surface area contributed by atoms with E-state index in [2.05, 4.69) is 26.2 Å². The zero-order valence-electron chi connectivity index (χ0n) is 9.35. The molecule has 90 valence electrons. The molecule has 0 spiro atoms. The number of aliphatic hydroxyl groups is 1. The number of rotatable bonds is 2. The van der Waals surface area contributed by atoms with Gasteiger partial charge in [-0.25, -0.2) is 4.68 Å². The second-order valence-corrected chi connectivity index (χ2v) is 5.26. The van der Waals surface area contributed by atoms with Gasteiger partial charge in [0, 0.05) is 22.1 Å². The molecule has 0 radical (unpaired) electrons. The lowest BCUT2D eigenvalue weighted by Gasteiger charge is -2.24. The van der Waals surface area contributed by atoms with Crippen molar-refractivity contribution in [2.45, 2.75) is 12.5 Å². The summed E-state index contributed by atoms with van der Waals surface area (Å²) in [4.78, 5) is 0. The van der Waals surface area contributed by atoms with Gasteiger partial charge in [-0.2, -0.15) is 0 Å². The van der Waals surface area contributed by atoms with Crippen LogP contribution in [0.4, 0.5) is 0 Å². The maximum atomic E-state index is 10.6. The van der Waals surface area contributed by atoms with E-state index in [1.807, 2.05) is 6.07 Å². The molecule has 2 rings (SSSR count). The van der Waals surface area contributed by atoms with E-state index in [1.54, 1.807) is 26.1 Å². The molecule has 0 aliphatic rings. The van der Waals surface area contributed by atoms with Gasteiger partial charge in [-0.15, -0.1) is 5.10 Å². The van der Waals surface area contributed by atoms with E-state index in [1.165, 1.54) is 10.9 Å². The van der Waals surface area contributed by atoms with Crippen LogP contribution in [0.1, 0.15) is 18.2 Å². The average molecular weight is 317 g/mol. The predicted octanol–water partition coefficient (Wildman–Crippen LogP) is 2.49. The van der Waals surface area contributed by atoms with Crippen molar-refractivity contribution in [3.8, 4) is 0 Å². The highest BCUT2D eigenvalue weighted by Crippen LogP contribution is 2.34. The van der Waals surface area contributed by atoms with Crippen molar-refractivity contribution in [3.63, 3.8) is 0 Å². The molecule has 6 heteroatoms. The molecule has 0 fully saturated rings. The van der Waals surface area contributed by atoms with Gasteiger partial charge in [-0.1, -0.05) is 38.8 Å². The standard InChI is InChI=1S/C11H11BrClN3O/c1-11(17,10-6-14-15-16(10)2)8-4-3-7(12)5-9(8)13/h3-6,17H,1-2H3. The van der Waals surface area contributed by atoms with Crippen molar-refractivity contribution in [2.24, 2.45) is 7.05 Å². The molecule has 1 atom stereocenters. The first-order valence-corrected chi connectivity index (χ1v) is 6.13. The number of nitrogens with zero attached hydrogens (tertiary/aromatic N) is 3. The Labute approximate surface area is 112 Å². The van der Waals surface area contributed by atoms with Gasteiger partial charge in [-0.05, 0) is 19.1 Å². The van der Waals surface area contributed by atoms with Crippen LogP contribution in [-0.2, 0) is 12.6 Å². The van der Waals surface area contributed by atoms with Crippen molar-refractivity contribution in [1.82, 2.24) is 15.0 Å². The van der Waals surface area contributed by atoms with Gasteiger partial charge < -0.3 is 5.11 Å². The summed E-state index contributed by atoms with van der Waals surface area (Å²) < 4.78 is 2.39. The van der Waals surface area contributed by atoms with E-state index in [0.29, 0.717) is 16.3 Å². The van der Waals surface area contributed by atoms with Crippen LogP contribution in [-0.4, -0.2) is 20.1 Å². The number of hydrogen-bond acceptors (Lipinski definition) is 3. The fourth-order valence-corrected chi connectivity index (χ4v) is 2.61. The summed E-state index contributed by atoms with van der Waals surface area (Å²) in [6.45, 7) is 1.67. The maximum Gasteiger partial charge on any atom is 0.131 e. The minimum absolute atomic E-state index is 0.491. The monoisotopic (exact) mass is 315 g/mol. The first-order chi connectivity index (χ1) is 7.93. The van der Waals surface area contributed by atoms with Crippen LogP contribution in [0.3, 0.4) is 0 Å². The smallest absolute Gasteiger partial charge is 0.131 e. The Morgan fingerprint density at radius 2 is 2.18 bits per heavy atom. The van der Waals surface area contributed by atoms with E-state index in [-0.39, 0.29) is 0 Å². The Balaban J connectivity index is 2.55. The third kappa shape index (κ3) is 2.22. The van der Waals surface area contributed by atoms with Crippen molar-refractivity contribution < 1.29 is 5.11 Å². The SMILES string of the molecule is Cn1nncc1C(C)(O)c1ccc(Br)cc1Cl. The predicted molar refractivity (Wildman–Crippen MR) is 68.8 cm³/mol. The molecule has 1 aromatic carbocycles. The number of aryl methyl sites for hydroxylation is 1. The highest BCUT2D eigenvalue weighted by atomic mass is 79.9. The van der Waals surface area contributed by atoms with E-state index in [9.17, 15) is 5.11 Å². The number of benzene rings is 1. The Kier molecular flexibility index (Phi) is 3.25. The summed E-state index contributed by atoms with van der Waals surface area (Å²) in [6, 6.07) is 5.36. The molecule has 0 bridgehead atoms. The molecule has 1 aromatic heterocycles. The summed E-state index contributed by atoms with van der Waals surface area (Å²) >= 11 is 9.47. The zero-order valence-corrected chi connectivity index (χ0v) is 11.7. The molecule has 1 unspecified atom stereocenters. The van der Waals surface area contributed by atoms with Crippen molar-refractivity contribution in [3.05, 3.63) is 45.1 Å². The first-order valence-electron chi connectivity index (χ1n) is 4.96. The Morgan fingerprint density at radius 3 is 2.71 bits per heavy atom. The van der Waals surface area contributed by atoms with E-state index >= 15 is 0 Å². The van der Waals surface area contributed by atoms with Gasteiger partial charge in [-0.3, -0.25) is 0 Å². The second kappa shape index (κ2) is 4.40. The van der Waals surface area contributed by atoms with Crippen molar-refractivity contribution in [2.75, 3.05) is 0 Å². The lowest BCUT2D eigenvalue weighted by molar-refractivity contribution is 0.0930. The summed E-state index contributed by atoms with van der Waals surface area (Å²) in [5.74, 6) is 0. The zero-order chi connectivity index (χ0) is 12.6. The summed E-state index contributed by atoms with van der Waals surface area (Å²) in [6.07, 6.45) is 1.53. The molecule has 0 saturated carbocycles. The molecule has 0 aliphatic carbocycles. The van der Waals surface area contributed by atoms with Crippen LogP contribution in [0.5, 0.6) is 0 Å². The van der Waals surface area contributed by atoms with Crippen molar-refractivity contribution >= 4 is 27.5 Å². The van der Waals surface area contributed by atoms with Crippen LogP contribution in [0.15, 0.2) is 28.9 Å². The molecular formula is C11H11BrClN3O. The Bertz CT molecular complexity index is 553. The molecule has 2 aromatic rings. The van der Waals surface area contributed by atoms with Crippen molar-refractivity contribution in [1.29, 1.82) is 0 Å². The quantitative estimate of drug-likeness (QED) is 0.926. The lowest BCUT2D eigenvalue weighted by Crippen LogP contribution is -2.26. The second-order valence-electron chi connectivity index (χ2n) is 3.94. The number of aromatic nitrogens is 3. The third-order valence-electron chi connectivity index (χ3n) is 2.67. The fraction of sp³-hybridized carbons (Fsp3) is 0.273. The maximum absolute atomic E-state index is 10.6. The summed E-state index contributed by atoms with van der Waals surface area (Å²) in [5.41, 5.74) is -0.0229.